The number of pyridine rings is 1. The van der Waals surface area contributed by atoms with Crippen LogP contribution in [0.2, 0.25) is 5.02 Å². The van der Waals surface area contributed by atoms with Crippen LogP contribution >= 0.6 is 11.6 Å². The van der Waals surface area contributed by atoms with Gasteiger partial charge in [0.05, 0.1) is 10.7 Å². The number of imidazole rings is 1. The Bertz CT molecular complexity index is 911. The van der Waals surface area contributed by atoms with E-state index in [2.05, 4.69) is 4.98 Å². The van der Waals surface area contributed by atoms with Crippen molar-refractivity contribution in [2.24, 2.45) is 0 Å². The summed E-state index contributed by atoms with van der Waals surface area (Å²) in [5.74, 6) is -0.820. The molecule has 0 bridgehead atoms. The summed E-state index contributed by atoms with van der Waals surface area (Å²) >= 11 is 5.96. The standard InChI is InChI=1S/C17H14ClFN2O2/c1-3-13-15(21-8-11(19)4-5-14(21)20-13)17(23)10-6-9(2)16(22)12(18)7-10/h4-8,22H,3H2,1-2H3. The van der Waals surface area contributed by atoms with E-state index in [1.165, 1.54) is 28.8 Å². The predicted molar refractivity (Wildman–Crippen MR) is 85.8 cm³/mol. The first-order chi connectivity index (χ1) is 10.9. The quantitative estimate of drug-likeness (QED) is 0.739. The van der Waals surface area contributed by atoms with E-state index in [0.29, 0.717) is 34.6 Å². The number of hydrogen-bond acceptors (Lipinski definition) is 3. The summed E-state index contributed by atoms with van der Waals surface area (Å²) in [6, 6.07) is 5.80. The largest absolute Gasteiger partial charge is 0.506 e. The second kappa shape index (κ2) is 5.66. The lowest BCUT2D eigenvalue weighted by atomic mass is 10.0. The first-order valence-electron chi connectivity index (χ1n) is 7.12. The van der Waals surface area contributed by atoms with E-state index in [9.17, 15) is 14.3 Å². The van der Waals surface area contributed by atoms with Crippen molar-refractivity contribution in [1.29, 1.82) is 0 Å². The van der Waals surface area contributed by atoms with Gasteiger partial charge in [-0.25, -0.2) is 9.37 Å². The highest BCUT2D eigenvalue weighted by atomic mass is 35.5. The molecule has 118 valence electrons. The van der Waals surface area contributed by atoms with Gasteiger partial charge in [0.15, 0.2) is 0 Å². The number of phenols is 1. The zero-order valence-electron chi connectivity index (χ0n) is 12.6. The SMILES string of the molecule is CCc1nc2ccc(F)cn2c1C(=O)c1cc(C)c(O)c(Cl)c1. The third kappa shape index (κ3) is 2.57. The molecule has 1 aromatic carbocycles. The van der Waals surface area contributed by atoms with Gasteiger partial charge >= 0.3 is 0 Å². The van der Waals surface area contributed by atoms with Gasteiger partial charge in [0.1, 0.15) is 22.9 Å². The number of rotatable bonds is 3. The van der Waals surface area contributed by atoms with E-state index in [4.69, 9.17) is 11.6 Å². The Balaban J connectivity index is 2.23. The number of aryl methyl sites for hydroxylation is 2. The fraction of sp³-hybridized carbons (Fsp3) is 0.176. The monoisotopic (exact) mass is 332 g/mol. The summed E-state index contributed by atoms with van der Waals surface area (Å²) in [5.41, 5.74) is 2.23. The first kappa shape index (κ1) is 15.5. The molecule has 0 saturated carbocycles. The van der Waals surface area contributed by atoms with Crippen LogP contribution in [0.1, 0.15) is 34.2 Å². The Morgan fingerprint density at radius 3 is 2.78 bits per heavy atom. The lowest BCUT2D eigenvalue weighted by molar-refractivity contribution is 0.103. The second-order valence-corrected chi connectivity index (χ2v) is 5.70. The Labute approximate surface area is 137 Å². The van der Waals surface area contributed by atoms with Crippen molar-refractivity contribution in [3.8, 4) is 5.75 Å². The number of aromatic nitrogens is 2. The minimum atomic E-state index is -0.452. The molecule has 0 saturated heterocycles. The Kier molecular flexibility index (Phi) is 3.82. The summed E-state index contributed by atoms with van der Waals surface area (Å²) < 4.78 is 15.0. The molecule has 0 aliphatic carbocycles. The van der Waals surface area contributed by atoms with Crippen LogP contribution in [-0.2, 0) is 6.42 Å². The molecular weight excluding hydrogens is 319 g/mol. The van der Waals surface area contributed by atoms with Gasteiger partial charge in [-0.2, -0.15) is 0 Å². The van der Waals surface area contributed by atoms with Crippen molar-refractivity contribution in [2.75, 3.05) is 0 Å². The molecular formula is C17H14ClFN2O2. The van der Waals surface area contributed by atoms with Crippen molar-refractivity contribution >= 4 is 23.0 Å². The molecule has 2 heterocycles. The molecule has 1 N–H and O–H groups in total. The number of phenolic OH excluding ortho intramolecular Hbond substituents is 1. The number of fused-ring (bicyclic) bond motifs is 1. The fourth-order valence-electron chi connectivity index (χ4n) is 2.56. The molecule has 0 radical (unpaired) electrons. The average Bonchev–Trinajstić information content (AvgIpc) is 2.89. The van der Waals surface area contributed by atoms with Gasteiger partial charge in [0.25, 0.3) is 0 Å². The highest BCUT2D eigenvalue weighted by molar-refractivity contribution is 6.32. The number of ketones is 1. The fourth-order valence-corrected chi connectivity index (χ4v) is 2.83. The number of carbonyl (C=O) groups is 1. The predicted octanol–water partition coefficient (Wildman–Crippen LogP) is 3.93. The zero-order valence-corrected chi connectivity index (χ0v) is 13.4. The van der Waals surface area contributed by atoms with Crippen LogP contribution in [0, 0.1) is 12.7 Å². The molecule has 0 amide bonds. The van der Waals surface area contributed by atoms with Crippen molar-refractivity contribution in [3.63, 3.8) is 0 Å². The van der Waals surface area contributed by atoms with Gasteiger partial charge in [-0.3, -0.25) is 9.20 Å². The molecule has 0 fully saturated rings. The van der Waals surface area contributed by atoms with Crippen LogP contribution < -0.4 is 0 Å². The lowest BCUT2D eigenvalue weighted by Gasteiger charge is -2.07. The van der Waals surface area contributed by atoms with Gasteiger partial charge in [-0.05, 0) is 43.2 Å². The number of halogens is 2. The zero-order chi connectivity index (χ0) is 16.7. The topological polar surface area (TPSA) is 54.6 Å². The van der Waals surface area contributed by atoms with Crippen LogP contribution in [0.4, 0.5) is 4.39 Å². The summed E-state index contributed by atoms with van der Waals surface area (Å²) in [7, 11) is 0. The smallest absolute Gasteiger partial charge is 0.211 e. The van der Waals surface area contributed by atoms with Gasteiger partial charge < -0.3 is 5.11 Å². The van der Waals surface area contributed by atoms with E-state index < -0.39 is 5.82 Å². The van der Waals surface area contributed by atoms with Crippen molar-refractivity contribution in [3.05, 3.63) is 63.8 Å². The molecule has 3 rings (SSSR count). The van der Waals surface area contributed by atoms with Crippen LogP contribution in [0.25, 0.3) is 5.65 Å². The summed E-state index contributed by atoms with van der Waals surface area (Å²) in [4.78, 5) is 17.3. The Morgan fingerprint density at radius 2 is 2.13 bits per heavy atom. The first-order valence-corrected chi connectivity index (χ1v) is 7.50. The van der Waals surface area contributed by atoms with Crippen LogP contribution in [0.5, 0.6) is 5.75 Å². The Hall–Kier alpha value is -2.40. The van der Waals surface area contributed by atoms with E-state index in [1.807, 2.05) is 6.92 Å². The molecule has 6 heteroatoms. The summed E-state index contributed by atoms with van der Waals surface area (Å²) in [6.07, 6.45) is 1.78. The highest BCUT2D eigenvalue weighted by Gasteiger charge is 2.21. The number of aromatic hydroxyl groups is 1. The molecule has 2 aromatic heterocycles. The molecule has 0 spiro atoms. The second-order valence-electron chi connectivity index (χ2n) is 5.29. The molecule has 0 atom stereocenters. The maximum Gasteiger partial charge on any atom is 0.211 e. The van der Waals surface area contributed by atoms with Crippen molar-refractivity contribution in [2.45, 2.75) is 20.3 Å². The van der Waals surface area contributed by atoms with Crippen molar-refractivity contribution in [1.82, 2.24) is 9.38 Å². The molecule has 4 nitrogen and oxygen atoms in total. The minimum absolute atomic E-state index is 0.0527. The third-order valence-electron chi connectivity index (χ3n) is 3.72. The maximum absolute atomic E-state index is 13.6. The Morgan fingerprint density at radius 1 is 1.39 bits per heavy atom. The average molecular weight is 333 g/mol. The molecule has 0 aliphatic rings. The van der Waals surface area contributed by atoms with E-state index in [0.717, 1.165) is 0 Å². The van der Waals surface area contributed by atoms with Gasteiger partial charge in [-0.15, -0.1) is 0 Å². The highest BCUT2D eigenvalue weighted by Crippen LogP contribution is 2.30. The van der Waals surface area contributed by atoms with Crippen LogP contribution in [-0.4, -0.2) is 20.3 Å². The van der Waals surface area contributed by atoms with E-state index in [-0.39, 0.29) is 16.6 Å². The van der Waals surface area contributed by atoms with E-state index in [1.54, 1.807) is 13.0 Å². The van der Waals surface area contributed by atoms with Crippen LogP contribution in [0.3, 0.4) is 0 Å². The number of benzene rings is 1. The van der Waals surface area contributed by atoms with Crippen LogP contribution in [0.15, 0.2) is 30.5 Å². The summed E-state index contributed by atoms with van der Waals surface area (Å²) in [6.45, 7) is 3.54. The number of hydrogen-bond donors (Lipinski definition) is 1. The van der Waals surface area contributed by atoms with Gasteiger partial charge in [0.2, 0.25) is 5.78 Å². The molecule has 3 aromatic rings. The van der Waals surface area contributed by atoms with Gasteiger partial charge in [-0.1, -0.05) is 18.5 Å². The number of nitrogens with zero attached hydrogens (tertiary/aromatic N) is 2. The molecule has 0 unspecified atom stereocenters. The normalized spacial score (nSPS) is 11.1. The third-order valence-corrected chi connectivity index (χ3v) is 4.01. The molecule has 23 heavy (non-hydrogen) atoms. The summed E-state index contributed by atoms with van der Waals surface area (Å²) in [5, 5.41) is 9.84. The lowest BCUT2D eigenvalue weighted by Crippen LogP contribution is -2.09. The molecule has 0 aliphatic heterocycles. The maximum atomic E-state index is 13.6. The minimum Gasteiger partial charge on any atom is -0.506 e. The number of carbonyl (C=O) groups excluding carboxylic acids is 1. The van der Waals surface area contributed by atoms with E-state index >= 15 is 0 Å². The van der Waals surface area contributed by atoms with Crippen molar-refractivity contribution < 1.29 is 14.3 Å². The van der Waals surface area contributed by atoms with Gasteiger partial charge in [0, 0.05) is 11.8 Å².